The summed E-state index contributed by atoms with van der Waals surface area (Å²) in [5.74, 6) is -1.51. The van der Waals surface area contributed by atoms with Crippen LogP contribution >= 0.6 is 0 Å². The molecule has 4 nitrogen and oxygen atoms in total. The third-order valence-electron chi connectivity index (χ3n) is 5.15. The number of rotatable bonds is 2. The van der Waals surface area contributed by atoms with Crippen LogP contribution in [-0.4, -0.2) is 22.6 Å². The summed E-state index contributed by atoms with van der Waals surface area (Å²) < 4.78 is 56.6. The minimum Gasteiger partial charge on any atom is -0.397 e. The van der Waals surface area contributed by atoms with Gasteiger partial charge in [0.05, 0.1) is 22.6 Å². The van der Waals surface area contributed by atoms with Crippen LogP contribution in [0, 0.1) is 11.7 Å². The zero-order chi connectivity index (χ0) is 20.1. The maximum atomic E-state index is 14.4. The minimum absolute atomic E-state index is 0.143. The van der Waals surface area contributed by atoms with Gasteiger partial charge >= 0.3 is 6.18 Å². The summed E-state index contributed by atoms with van der Waals surface area (Å²) >= 11 is 0. The second-order valence-corrected chi connectivity index (χ2v) is 7.28. The Bertz CT molecular complexity index is 1020. The molecular weight excluding hydrogens is 372 g/mol. The van der Waals surface area contributed by atoms with E-state index in [1.54, 1.807) is 6.07 Å². The largest absolute Gasteiger partial charge is 0.450 e. The van der Waals surface area contributed by atoms with Crippen LogP contribution in [0.2, 0.25) is 0 Å². The number of hydrogen-bond donors (Lipinski definition) is 1. The van der Waals surface area contributed by atoms with Gasteiger partial charge < -0.3 is 10.6 Å². The van der Waals surface area contributed by atoms with E-state index < -0.39 is 17.8 Å². The molecular formula is C20H20F4N4. The van der Waals surface area contributed by atoms with Crippen molar-refractivity contribution in [2.24, 2.45) is 5.92 Å². The first kappa shape index (κ1) is 18.6. The van der Waals surface area contributed by atoms with E-state index in [9.17, 15) is 17.6 Å². The second kappa shape index (κ2) is 6.68. The highest BCUT2D eigenvalue weighted by Gasteiger charge is 2.39. The van der Waals surface area contributed by atoms with E-state index in [1.807, 2.05) is 4.90 Å². The molecule has 0 spiro atoms. The van der Waals surface area contributed by atoms with E-state index in [-0.39, 0.29) is 16.7 Å². The number of alkyl halides is 3. The highest BCUT2D eigenvalue weighted by molar-refractivity contribution is 5.97. The molecule has 1 aromatic heterocycles. The van der Waals surface area contributed by atoms with Crippen molar-refractivity contribution >= 4 is 22.4 Å². The molecule has 1 aliphatic rings. The summed E-state index contributed by atoms with van der Waals surface area (Å²) in [6.45, 7) is 3.49. The van der Waals surface area contributed by atoms with Crippen molar-refractivity contribution in [1.82, 2.24) is 9.55 Å². The summed E-state index contributed by atoms with van der Waals surface area (Å²) in [4.78, 5) is 5.90. The van der Waals surface area contributed by atoms with Gasteiger partial charge in [0, 0.05) is 13.1 Å². The Balaban J connectivity index is 2.02. The number of benzene rings is 2. The van der Waals surface area contributed by atoms with E-state index in [2.05, 4.69) is 11.9 Å². The van der Waals surface area contributed by atoms with Gasteiger partial charge in [0.25, 0.3) is 0 Å². The number of para-hydroxylation sites is 1. The van der Waals surface area contributed by atoms with Gasteiger partial charge in [-0.05, 0) is 43.0 Å². The number of fused-ring (bicyclic) bond motifs is 1. The Morgan fingerprint density at radius 2 is 1.89 bits per heavy atom. The summed E-state index contributed by atoms with van der Waals surface area (Å²) in [7, 11) is 0. The molecule has 0 unspecified atom stereocenters. The average molecular weight is 392 g/mol. The molecule has 0 radical (unpaired) electrons. The van der Waals surface area contributed by atoms with Crippen LogP contribution in [0.1, 0.15) is 25.6 Å². The normalized spacial score (nSPS) is 18.0. The van der Waals surface area contributed by atoms with Gasteiger partial charge in [-0.1, -0.05) is 19.1 Å². The lowest BCUT2D eigenvalue weighted by atomic mass is 9.99. The Hall–Kier alpha value is -2.77. The van der Waals surface area contributed by atoms with Crippen LogP contribution in [0.15, 0.2) is 36.4 Å². The zero-order valence-corrected chi connectivity index (χ0v) is 15.3. The van der Waals surface area contributed by atoms with Gasteiger partial charge in [-0.15, -0.1) is 0 Å². The van der Waals surface area contributed by atoms with Crippen molar-refractivity contribution in [3.63, 3.8) is 0 Å². The van der Waals surface area contributed by atoms with Crippen LogP contribution in [0.25, 0.3) is 16.7 Å². The molecule has 1 aliphatic heterocycles. The van der Waals surface area contributed by atoms with Crippen molar-refractivity contribution in [1.29, 1.82) is 0 Å². The van der Waals surface area contributed by atoms with Crippen molar-refractivity contribution in [2.45, 2.75) is 25.9 Å². The maximum Gasteiger partial charge on any atom is 0.450 e. The van der Waals surface area contributed by atoms with Crippen LogP contribution in [0.5, 0.6) is 0 Å². The number of hydrogen-bond acceptors (Lipinski definition) is 3. The minimum atomic E-state index is -4.75. The fraction of sp³-hybridized carbons (Fsp3) is 0.350. The predicted octanol–water partition coefficient (Wildman–Crippen LogP) is 5.00. The van der Waals surface area contributed by atoms with Crippen LogP contribution in [0.4, 0.5) is 28.9 Å². The van der Waals surface area contributed by atoms with Crippen LogP contribution < -0.4 is 10.6 Å². The Morgan fingerprint density at radius 3 is 2.57 bits per heavy atom. The molecule has 0 saturated carbocycles. The lowest BCUT2D eigenvalue weighted by Gasteiger charge is -2.33. The Kier molecular flexibility index (Phi) is 4.44. The van der Waals surface area contributed by atoms with Gasteiger partial charge in [-0.3, -0.25) is 4.57 Å². The lowest BCUT2D eigenvalue weighted by molar-refractivity contribution is -0.145. The van der Waals surface area contributed by atoms with Crippen molar-refractivity contribution in [3.8, 4) is 5.69 Å². The molecule has 0 bridgehead atoms. The molecule has 148 valence electrons. The van der Waals surface area contributed by atoms with Gasteiger partial charge in [-0.25, -0.2) is 9.37 Å². The number of piperidine rings is 1. The zero-order valence-electron chi connectivity index (χ0n) is 15.3. The molecule has 2 N–H and O–H groups in total. The predicted molar refractivity (Wildman–Crippen MR) is 101 cm³/mol. The van der Waals surface area contributed by atoms with Gasteiger partial charge in [0.15, 0.2) is 0 Å². The lowest BCUT2D eigenvalue weighted by Crippen LogP contribution is -2.34. The number of aromatic nitrogens is 2. The van der Waals surface area contributed by atoms with Gasteiger partial charge in [-0.2, -0.15) is 13.2 Å². The summed E-state index contributed by atoms with van der Waals surface area (Å²) in [5, 5.41) is 0. The first-order chi connectivity index (χ1) is 13.3. The third kappa shape index (κ3) is 3.06. The standard InChI is InChI=1S/C20H20F4N4/c1-12-5-4-10-27(11-12)18-14(25)8-9-16-17(18)26-19(20(22,23)24)28(16)15-7-3-2-6-13(15)21/h2-3,6-9,12H,4-5,10-11,25H2,1H3/t12-/m1/s1. The highest BCUT2D eigenvalue weighted by Crippen LogP contribution is 2.40. The fourth-order valence-electron chi connectivity index (χ4n) is 3.94. The number of nitrogen functional groups attached to an aromatic ring is 1. The van der Waals surface area contributed by atoms with E-state index in [4.69, 9.17) is 5.73 Å². The quantitative estimate of drug-likeness (QED) is 0.493. The monoisotopic (exact) mass is 392 g/mol. The molecule has 2 heterocycles. The summed E-state index contributed by atoms with van der Waals surface area (Å²) in [6, 6.07) is 8.40. The number of nitrogens with zero attached hydrogens (tertiary/aromatic N) is 3. The molecule has 1 fully saturated rings. The maximum absolute atomic E-state index is 14.4. The smallest absolute Gasteiger partial charge is 0.397 e. The molecule has 28 heavy (non-hydrogen) atoms. The molecule has 1 atom stereocenters. The highest BCUT2D eigenvalue weighted by atomic mass is 19.4. The van der Waals surface area contributed by atoms with E-state index in [1.165, 1.54) is 24.3 Å². The van der Waals surface area contributed by atoms with Crippen LogP contribution in [-0.2, 0) is 6.18 Å². The van der Waals surface area contributed by atoms with E-state index in [0.29, 0.717) is 30.4 Å². The van der Waals surface area contributed by atoms with E-state index in [0.717, 1.165) is 23.5 Å². The molecule has 0 aliphatic carbocycles. The first-order valence-electron chi connectivity index (χ1n) is 9.15. The van der Waals surface area contributed by atoms with Crippen molar-refractivity contribution < 1.29 is 17.6 Å². The van der Waals surface area contributed by atoms with Crippen molar-refractivity contribution in [2.75, 3.05) is 23.7 Å². The molecule has 2 aromatic carbocycles. The Morgan fingerprint density at radius 1 is 1.14 bits per heavy atom. The topological polar surface area (TPSA) is 47.1 Å². The number of nitrogens with two attached hydrogens (primary N) is 1. The first-order valence-corrected chi connectivity index (χ1v) is 9.15. The molecule has 8 heteroatoms. The van der Waals surface area contributed by atoms with Crippen LogP contribution in [0.3, 0.4) is 0 Å². The number of imidazole rings is 1. The fourth-order valence-corrected chi connectivity index (χ4v) is 3.94. The summed E-state index contributed by atoms with van der Waals surface area (Å²) in [5.41, 5.74) is 7.14. The second-order valence-electron chi connectivity index (χ2n) is 7.28. The van der Waals surface area contributed by atoms with Crippen molar-refractivity contribution in [3.05, 3.63) is 48.0 Å². The summed E-state index contributed by atoms with van der Waals surface area (Å²) in [6.07, 6.45) is -2.76. The SMILES string of the molecule is C[C@@H]1CCCN(c2c(N)ccc3c2nc(C(F)(F)F)n3-c2ccccc2F)C1. The molecule has 3 aromatic rings. The van der Waals surface area contributed by atoms with Gasteiger partial charge in [0.2, 0.25) is 5.82 Å². The van der Waals surface area contributed by atoms with E-state index >= 15 is 0 Å². The van der Waals surface area contributed by atoms with Gasteiger partial charge in [0.1, 0.15) is 11.3 Å². The number of halogens is 4. The third-order valence-corrected chi connectivity index (χ3v) is 5.15. The molecule has 1 saturated heterocycles. The average Bonchev–Trinajstić information content (AvgIpc) is 3.01. The Labute approximate surface area is 159 Å². The molecule has 0 amide bonds. The molecule has 4 rings (SSSR count). The number of anilines is 2.